The van der Waals surface area contributed by atoms with Crippen LogP contribution in [0.2, 0.25) is 0 Å². The third-order valence-electron chi connectivity index (χ3n) is 6.26. The van der Waals surface area contributed by atoms with E-state index in [1.807, 2.05) is 122 Å². The topological polar surface area (TPSA) is 66.4 Å². The summed E-state index contributed by atoms with van der Waals surface area (Å²) in [7, 11) is 0. The van der Waals surface area contributed by atoms with Gasteiger partial charge in [0.05, 0.1) is 5.41 Å². The molecule has 4 rings (SSSR count). The van der Waals surface area contributed by atoms with Crippen LogP contribution in [0.1, 0.15) is 23.6 Å². The molecule has 0 radical (unpaired) electrons. The number of carbonyl (C=O) groups excluding carboxylic acids is 1. The molecular formula is C30H27NO3. The second-order valence-corrected chi connectivity index (χ2v) is 8.49. The summed E-state index contributed by atoms with van der Waals surface area (Å²) in [6.45, 7) is 1.83. The lowest BCUT2D eigenvalue weighted by molar-refractivity contribution is -0.142. The van der Waals surface area contributed by atoms with Crippen LogP contribution in [-0.2, 0) is 21.4 Å². The van der Waals surface area contributed by atoms with E-state index >= 15 is 0 Å². The molecule has 4 nitrogen and oxygen atoms in total. The van der Waals surface area contributed by atoms with Gasteiger partial charge < -0.3 is 10.4 Å². The van der Waals surface area contributed by atoms with Crippen LogP contribution in [0.15, 0.2) is 115 Å². The Hall–Kier alpha value is -4.18. The SMILES string of the molecule is CC(C(=O)N[C@H](Cc1ccc(-c2ccccc2)cc1)C(=O)O)(c1ccccc1)c1ccccc1. The summed E-state index contributed by atoms with van der Waals surface area (Å²) in [4.78, 5) is 25.7. The van der Waals surface area contributed by atoms with E-state index in [-0.39, 0.29) is 12.3 Å². The van der Waals surface area contributed by atoms with Crippen LogP contribution in [0, 0.1) is 0 Å². The third-order valence-corrected chi connectivity index (χ3v) is 6.26. The highest BCUT2D eigenvalue weighted by Crippen LogP contribution is 2.32. The van der Waals surface area contributed by atoms with Crippen molar-refractivity contribution in [2.45, 2.75) is 24.8 Å². The Bertz CT molecular complexity index is 1200. The molecule has 0 aliphatic heterocycles. The fourth-order valence-corrected chi connectivity index (χ4v) is 4.17. The molecule has 4 aromatic rings. The molecule has 0 saturated heterocycles. The molecule has 0 aromatic heterocycles. The molecule has 0 aliphatic rings. The van der Waals surface area contributed by atoms with Gasteiger partial charge in [-0.2, -0.15) is 0 Å². The van der Waals surface area contributed by atoms with Crippen LogP contribution >= 0.6 is 0 Å². The van der Waals surface area contributed by atoms with Crippen molar-refractivity contribution in [3.8, 4) is 11.1 Å². The molecule has 0 fully saturated rings. The van der Waals surface area contributed by atoms with Gasteiger partial charge >= 0.3 is 5.97 Å². The summed E-state index contributed by atoms with van der Waals surface area (Å²) in [5.41, 5.74) is 3.56. The molecule has 170 valence electrons. The maximum Gasteiger partial charge on any atom is 0.326 e. The first-order valence-corrected chi connectivity index (χ1v) is 11.3. The Labute approximate surface area is 199 Å². The van der Waals surface area contributed by atoms with Gasteiger partial charge in [-0.3, -0.25) is 4.79 Å². The number of hydrogen-bond donors (Lipinski definition) is 2. The van der Waals surface area contributed by atoms with Gasteiger partial charge in [-0.15, -0.1) is 0 Å². The fraction of sp³-hybridized carbons (Fsp3) is 0.133. The largest absolute Gasteiger partial charge is 0.480 e. The zero-order valence-electron chi connectivity index (χ0n) is 19.0. The van der Waals surface area contributed by atoms with E-state index in [1.54, 1.807) is 0 Å². The molecule has 0 aliphatic carbocycles. The number of carboxylic acids is 1. The number of aliphatic carboxylic acids is 1. The number of nitrogens with one attached hydrogen (secondary N) is 1. The summed E-state index contributed by atoms with van der Waals surface area (Å²) >= 11 is 0. The van der Waals surface area contributed by atoms with Crippen LogP contribution < -0.4 is 5.32 Å². The van der Waals surface area contributed by atoms with E-state index in [2.05, 4.69) is 5.32 Å². The van der Waals surface area contributed by atoms with E-state index in [0.717, 1.165) is 27.8 Å². The Morgan fingerprint density at radius 3 is 1.62 bits per heavy atom. The molecule has 0 bridgehead atoms. The van der Waals surface area contributed by atoms with E-state index in [4.69, 9.17) is 0 Å². The van der Waals surface area contributed by atoms with Crippen molar-refractivity contribution in [2.75, 3.05) is 0 Å². The van der Waals surface area contributed by atoms with E-state index in [0.29, 0.717) is 0 Å². The summed E-state index contributed by atoms with van der Waals surface area (Å²) < 4.78 is 0. The minimum Gasteiger partial charge on any atom is -0.480 e. The lowest BCUT2D eigenvalue weighted by Crippen LogP contribution is -2.50. The smallest absolute Gasteiger partial charge is 0.326 e. The van der Waals surface area contributed by atoms with Crippen molar-refractivity contribution in [2.24, 2.45) is 0 Å². The Balaban J connectivity index is 1.58. The highest BCUT2D eigenvalue weighted by atomic mass is 16.4. The molecule has 0 unspecified atom stereocenters. The summed E-state index contributed by atoms with van der Waals surface area (Å²) in [6.07, 6.45) is 0.190. The van der Waals surface area contributed by atoms with Crippen molar-refractivity contribution in [1.29, 1.82) is 0 Å². The highest BCUT2D eigenvalue weighted by Gasteiger charge is 2.38. The predicted molar refractivity (Wildman–Crippen MR) is 134 cm³/mol. The van der Waals surface area contributed by atoms with E-state index < -0.39 is 17.4 Å². The van der Waals surface area contributed by atoms with Crippen molar-refractivity contribution in [3.05, 3.63) is 132 Å². The van der Waals surface area contributed by atoms with Gasteiger partial charge in [0.1, 0.15) is 6.04 Å². The first-order chi connectivity index (χ1) is 16.5. The predicted octanol–water partition coefficient (Wildman–Crippen LogP) is 5.47. The van der Waals surface area contributed by atoms with Crippen molar-refractivity contribution in [3.63, 3.8) is 0 Å². The molecule has 0 saturated carbocycles. The number of rotatable bonds is 8. The van der Waals surface area contributed by atoms with Gasteiger partial charge in [0.15, 0.2) is 0 Å². The van der Waals surface area contributed by atoms with Gasteiger partial charge in [0.25, 0.3) is 0 Å². The van der Waals surface area contributed by atoms with Gasteiger partial charge in [-0.25, -0.2) is 4.79 Å². The average molecular weight is 450 g/mol. The minimum absolute atomic E-state index is 0.190. The normalized spacial score (nSPS) is 12.0. The maximum atomic E-state index is 13.6. The molecule has 1 atom stereocenters. The zero-order chi connectivity index (χ0) is 24.0. The molecule has 34 heavy (non-hydrogen) atoms. The van der Waals surface area contributed by atoms with Crippen molar-refractivity contribution in [1.82, 2.24) is 5.32 Å². The van der Waals surface area contributed by atoms with E-state index in [1.165, 1.54) is 0 Å². The van der Waals surface area contributed by atoms with Crippen molar-refractivity contribution < 1.29 is 14.7 Å². The van der Waals surface area contributed by atoms with Gasteiger partial charge in [-0.1, -0.05) is 115 Å². The van der Waals surface area contributed by atoms with Gasteiger partial charge in [0, 0.05) is 6.42 Å². The number of amides is 1. The summed E-state index contributed by atoms with van der Waals surface area (Å²) in [5, 5.41) is 12.7. The molecular weight excluding hydrogens is 422 g/mol. The Morgan fingerprint density at radius 1 is 0.706 bits per heavy atom. The van der Waals surface area contributed by atoms with Crippen LogP contribution in [-0.4, -0.2) is 23.0 Å². The lowest BCUT2D eigenvalue weighted by Gasteiger charge is -2.31. The summed E-state index contributed by atoms with van der Waals surface area (Å²) in [6, 6.07) is 35.6. The molecule has 4 aromatic carbocycles. The van der Waals surface area contributed by atoms with Gasteiger partial charge in [0.2, 0.25) is 5.91 Å². The zero-order valence-corrected chi connectivity index (χ0v) is 19.0. The van der Waals surface area contributed by atoms with Gasteiger partial charge in [-0.05, 0) is 34.7 Å². The molecule has 2 N–H and O–H groups in total. The van der Waals surface area contributed by atoms with Crippen LogP contribution in [0.5, 0.6) is 0 Å². The number of carbonyl (C=O) groups is 2. The fourth-order valence-electron chi connectivity index (χ4n) is 4.17. The van der Waals surface area contributed by atoms with E-state index in [9.17, 15) is 14.7 Å². The highest BCUT2D eigenvalue weighted by molar-refractivity contribution is 5.94. The second kappa shape index (κ2) is 10.2. The summed E-state index contributed by atoms with van der Waals surface area (Å²) in [5.74, 6) is -1.41. The standard InChI is InChI=1S/C30H27NO3/c1-30(25-13-7-3-8-14-25,26-15-9-4-10-16-26)29(34)31-27(28(32)33)21-22-17-19-24(20-18-22)23-11-5-2-6-12-23/h2-20,27H,21H2,1H3,(H,31,34)(H,32,33)/t27-/m1/s1. The van der Waals surface area contributed by atoms with Crippen molar-refractivity contribution >= 4 is 11.9 Å². The Morgan fingerprint density at radius 2 is 1.15 bits per heavy atom. The monoisotopic (exact) mass is 449 g/mol. The first-order valence-electron chi connectivity index (χ1n) is 11.3. The van der Waals surface area contributed by atoms with Crippen LogP contribution in [0.25, 0.3) is 11.1 Å². The molecule has 0 heterocycles. The number of benzene rings is 4. The molecule has 0 spiro atoms. The van der Waals surface area contributed by atoms with Crippen LogP contribution in [0.3, 0.4) is 0 Å². The molecule has 1 amide bonds. The average Bonchev–Trinajstić information content (AvgIpc) is 2.89. The quantitative estimate of drug-likeness (QED) is 0.375. The lowest BCUT2D eigenvalue weighted by atomic mass is 9.75. The van der Waals surface area contributed by atoms with Crippen LogP contribution in [0.4, 0.5) is 0 Å². The Kier molecular flexibility index (Phi) is 6.88. The maximum absolute atomic E-state index is 13.6. The second-order valence-electron chi connectivity index (χ2n) is 8.49. The number of hydrogen-bond acceptors (Lipinski definition) is 2. The number of carboxylic acid groups (broad SMARTS) is 1. The minimum atomic E-state index is -1.07. The first kappa shape index (κ1) is 23.0. The molecule has 4 heteroatoms. The third kappa shape index (κ3) is 4.91.